The average Bonchev–Trinajstić information content (AvgIpc) is 3.49. The fraction of sp³-hybridized carbons (Fsp3) is 0.133. The van der Waals surface area contributed by atoms with Crippen LogP contribution in [-0.4, -0.2) is 30.7 Å². The van der Waals surface area contributed by atoms with Crippen LogP contribution in [0.2, 0.25) is 0 Å². The van der Waals surface area contributed by atoms with Gasteiger partial charge in [-0.25, -0.2) is 13.2 Å². The molecule has 12 heteroatoms. The third-order valence-corrected chi connectivity index (χ3v) is 6.31. The summed E-state index contributed by atoms with van der Waals surface area (Å²) in [5, 5.41) is 23.8. The van der Waals surface area contributed by atoms with Crippen LogP contribution < -0.4 is 4.74 Å². The molecule has 0 radical (unpaired) electrons. The summed E-state index contributed by atoms with van der Waals surface area (Å²) < 4.78 is 78.5. The van der Waals surface area contributed by atoms with E-state index < -0.39 is 40.8 Å². The minimum Gasteiger partial charge on any atom is -0.489 e. The third kappa shape index (κ3) is 6.11. The number of nitrogens with zero attached hydrogens (tertiary/aromatic N) is 4. The molecular formula is C30H20F5N5O2. The van der Waals surface area contributed by atoms with Crippen LogP contribution >= 0.6 is 0 Å². The van der Waals surface area contributed by atoms with Gasteiger partial charge in [-0.2, -0.15) is 14.0 Å². The maximum absolute atomic E-state index is 15.9. The van der Waals surface area contributed by atoms with Crippen molar-refractivity contribution in [3.63, 3.8) is 0 Å². The Labute approximate surface area is 236 Å². The summed E-state index contributed by atoms with van der Waals surface area (Å²) in [6.07, 6.45) is 0.143. The number of H-pyrrole nitrogens is 1. The Balaban J connectivity index is 1.33. The summed E-state index contributed by atoms with van der Waals surface area (Å²) in [5.74, 6) is -0.984. The molecule has 0 aliphatic carbocycles. The number of pyridine rings is 1. The second-order valence-corrected chi connectivity index (χ2v) is 9.19. The van der Waals surface area contributed by atoms with Gasteiger partial charge in [0.2, 0.25) is 0 Å². The molecule has 0 amide bonds. The molecule has 5 rings (SSSR count). The van der Waals surface area contributed by atoms with Gasteiger partial charge in [-0.1, -0.05) is 35.3 Å². The summed E-state index contributed by atoms with van der Waals surface area (Å²) in [6, 6.07) is 16.9. The molecule has 0 fully saturated rings. The van der Waals surface area contributed by atoms with E-state index in [1.807, 2.05) is 0 Å². The molecule has 42 heavy (non-hydrogen) atoms. The zero-order chi connectivity index (χ0) is 29.7. The number of halogens is 5. The van der Waals surface area contributed by atoms with Gasteiger partial charge in [0.05, 0.1) is 6.42 Å². The monoisotopic (exact) mass is 577 g/mol. The molecule has 5 aromatic rings. The van der Waals surface area contributed by atoms with Gasteiger partial charge in [-0.3, -0.25) is 4.98 Å². The van der Waals surface area contributed by atoms with E-state index in [1.165, 1.54) is 30.3 Å². The smallest absolute Gasteiger partial charge is 0.322 e. The highest BCUT2D eigenvalue weighted by atomic mass is 19.3. The zero-order valence-electron chi connectivity index (χ0n) is 21.5. The molecule has 0 saturated heterocycles. The van der Waals surface area contributed by atoms with Gasteiger partial charge in [0.1, 0.15) is 35.5 Å². The number of tetrazole rings is 1. The van der Waals surface area contributed by atoms with Crippen molar-refractivity contribution in [3.05, 3.63) is 136 Å². The molecule has 1 atom stereocenters. The molecule has 0 aliphatic rings. The van der Waals surface area contributed by atoms with E-state index in [0.29, 0.717) is 22.9 Å². The zero-order valence-corrected chi connectivity index (χ0v) is 21.5. The summed E-state index contributed by atoms with van der Waals surface area (Å²) in [5.41, 5.74) is -3.20. The fourth-order valence-electron chi connectivity index (χ4n) is 4.08. The summed E-state index contributed by atoms with van der Waals surface area (Å²) in [6.45, 7) is 0.264. The lowest BCUT2D eigenvalue weighted by Gasteiger charge is -2.35. The van der Waals surface area contributed by atoms with Gasteiger partial charge in [0.15, 0.2) is 11.4 Å². The lowest BCUT2D eigenvalue weighted by atomic mass is 9.81. The van der Waals surface area contributed by atoms with E-state index in [1.54, 1.807) is 24.3 Å². The first-order valence-corrected chi connectivity index (χ1v) is 12.4. The van der Waals surface area contributed by atoms with Crippen LogP contribution in [0.1, 0.15) is 33.8 Å². The van der Waals surface area contributed by atoms with Crippen LogP contribution in [-0.2, 0) is 24.6 Å². The summed E-state index contributed by atoms with van der Waals surface area (Å²) in [4.78, 5) is 3.79. The number of aromatic nitrogens is 5. The van der Waals surface area contributed by atoms with Gasteiger partial charge in [0.25, 0.3) is 0 Å². The molecule has 0 saturated carbocycles. The van der Waals surface area contributed by atoms with Gasteiger partial charge >= 0.3 is 5.92 Å². The molecule has 0 bridgehead atoms. The van der Waals surface area contributed by atoms with E-state index in [4.69, 9.17) is 4.74 Å². The van der Waals surface area contributed by atoms with Crippen molar-refractivity contribution in [1.82, 2.24) is 25.6 Å². The topological polar surface area (TPSA) is 96.8 Å². The average molecular weight is 578 g/mol. The second-order valence-electron chi connectivity index (χ2n) is 9.19. The minimum absolute atomic E-state index is 0.264. The Kier molecular flexibility index (Phi) is 7.95. The summed E-state index contributed by atoms with van der Waals surface area (Å²) >= 11 is 0. The van der Waals surface area contributed by atoms with Crippen LogP contribution in [0.15, 0.2) is 85.1 Å². The van der Waals surface area contributed by atoms with Crippen molar-refractivity contribution < 1.29 is 31.8 Å². The fourth-order valence-corrected chi connectivity index (χ4v) is 4.08. The van der Waals surface area contributed by atoms with Crippen LogP contribution in [0, 0.1) is 29.3 Å². The third-order valence-electron chi connectivity index (χ3n) is 6.31. The van der Waals surface area contributed by atoms with Crippen molar-refractivity contribution in [2.45, 2.75) is 24.6 Å². The van der Waals surface area contributed by atoms with Crippen molar-refractivity contribution in [2.24, 2.45) is 0 Å². The Bertz CT molecular complexity index is 1720. The first-order valence-electron chi connectivity index (χ1n) is 12.4. The normalized spacial score (nSPS) is 12.7. The first kappa shape index (κ1) is 28.4. The van der Waals surface area contributed by atoms with E-state index in [0.717, 1.165) is 30.0 Å². The van der Waals surface area contributed by atoms with Gasteiger partial charge in [-0.05, 0) is 60.2 Å². The van der Waals surface area contributed by atoms with Crippen molar-refractivity contribution in [3.8, 4) is 17.6 Å². The molecule has 2 N–H and O–H groups in total. The van der Waals surface area contributed by atoms with E-state index in [-0.39, 0.29) is 18.2 Å². The first-order chi connectivity index (χ1) is 20.1. The van der Waals surface area contributed by atoms with Gasteiger partial charge in [-0.15, -0.1) is 10.2 Å². The predicted molar refractivity (Wildman–Crippen MR) is 139 cm³/mol. The number of ether oxygens (including phenoxy) is 1. The Morgan fingerprint density at radius 1 is 0.833 bits per heavy atom. The number of aromatic amines is 1. The maximum Gasteiger partial charge on any atom is 0.322 e. The molecule has 3 aromatic carbocycles. The predicted octanol–water partition coefficient (Wildman–Crippen LogP) is 5.21. The second kappa shape index (κ2) is 11.8. The number of hydrogen-bond acceptors (Lipinski definition) is 6. The molecular weight excluding hydrogens is 557 g/mol. The molecule has 0 spiro atoms. The molecule has 212 valence electrons. The Hall–Kier alpha value is -5.15. The SMILES string of the molecule is OC(Cc1nn[nH]n1)(c1ccc(F)cc1F)C(F)(F)c1ccc(C#Cc2ccc(COc3ccc(F)cc3)cc2)cn1. The van der Waals surface area contributed by atoms with Crippen molar-refractivity contribution in [1.29, 1.82) is 0 Å². The highest BCUT2D eigenvalue weighted by molar-refractivity contribution is 5.43. The number of alkyl halides is 2. The van der Waals surface area contributed by atoms with Crippen LogP contribution in [0.25, 0.3) is 0 Å². The largest absolute Gasteiger partial charge is 0.489 e. The van der Waals surface area contributed by atoms with Crippen LogP contribution in [0.4, 0.5) is 22.0 Å². The van der Waals surface area contributed by atoms with Crippen LogP contribution in [0.5, 0.6) is 5.75 Å². The molecule has 7 nitrogen and oxygen atoms in total. The van der Waals surface area contributed by atoms with Crippen LogP contribution in [0.3, 0.4) is 0 Å². The number of nitrogens with one attached hydrogen (secondary N) is 1. The Morgan fingerprint density at radius 2 is 1.52 bits per heavy atom. The van der Waals surface area contributed by atoms with E-state index in [9.17, 15) is 18.3 Å². The van der Waals surface area contributed by atoms with E-state index in [2.05, 4.69) is 37.4 Å². The number of aliphatic hydroxyl groups is 1. The highest BCUT2D eigenvalue weighted by Crippen LogP contribution is 2.47. The van der Waals surface area contributed by atoms with Gasteiger partial charge < -0.3 is 9.84 Å². The highest BCUT2D eigenvalue weighted by Gasteiger charge is 2.58. The minimum atomic E-state index is -4.18. The number of hydrogen-bond donors (Lipinski definition) is 2. The lowest BCUT2D eigenvalue weighted by Crippen LogP contribution is -2.46. The molecule has 0 aliphatic heterocycles. The molecule has 1 unspecified atom stereocenters. The van der Waals surface area contributed by atoms with Crippen molar-refractivity contribution >= 4 is 0 Å². The molecule has 2 aromatic heterocycles. The lowest BCUT2D eigenvalue weighted by molar-refractivity contribution is -0.199. The number of benzene rings is 3. The standard InChI is InChI=1S/C30H20F5N5O2/c31-22-8-11-24(12-9-22)42-18-21-5-2-19(3-6-21)1-4-20-7-14-27(36-17-20)30(34,35)29(41,16-28-37-39-40-38-28)25-13-10-23(32)15-26(25)33/h2-3,5-15,17,41H,16,18H2,(H,37,38,39,40). The maximum atomic E-state index is 15.9. The Morgan fingerprint density at radius 3 is 2.17 bits per heavy atom. The quantitative estimate of drug-likeness (QED) is 0.194. The van der Waals surface area contributed by atoms with Crippen molar-refractivity contribution in [2.75, 3.05) is 0 Å². The summed E-state index contributed by atoms with van der Waals surface area (Å²) in [7, 11) is 0. The van der Waals surface area contributed by atoms with E-state index >= 15 is 8.78 Å². The van der Waals surface area contributed by atoms with Gasteiger partial charge in [0, 0.05) is 29.0 Å². The molecule has 2 heterocycles. The number of rotatable bonds is 8.